The number of rotatable bonds is 50. The molecule has 0 saturated carbocycles. The molecule has 0 radical (unpaired) electrons. The number of esters is 2. The molecule has 0 unspecified atom stereocenters. The number of aryl methyl sites for hydroxylation is 4. The Morgan fingerprint density at radius 2 is 0.953 bits per heavy atom. The zero-order valence-corrected chi connectivity index (χ0v) is 86.0. The molecule has 4 bridgehead atoms. The minimum absolute atomic E-state index is 0. The molecule has 127 heavy (non-hydrogen) atoms. The van der Waals surface area contributed by atoms with Gasteiger partial charge in [-0.15, -0.1) is 35.3 Å². The fourth-order valence-corrected chi connectivity index (χ4v) is 16.7. The molecular formula is C100H145FN6Na2O14S4. The normalized spacial score (nSPS) is 13.3. The molecular weight excluding hydrogens is 1700 g/mol. The van der Waals surface area contributed by atoms with Crippen molar-refractivity contribution >= 4 is 95.0 Å². The van der Waals surface area contributed by atoms with Gasteiger partial charge in [0.25, 0.3) is 0 Å². The maximum atomic E-state index is 14.8. The monoisotopic (exact) mass is 1850 g/mol. The minimum Gasteiger partial charge on any atom is -0.870 e. The van der Waals surface area contributed by atoms with Gasteiger partial charge in [0.1, 0.15) is 36.6 Å². The van der Waals surface area contributed by atoms with Crippen LogP contribution in [0.5, 0.6) is 11.5 Å². The molecule has 2 amide bonds. The van der Waals surface area contributed by atoms with Gasteiger partial charge in [0.2, 0.25) is 11.8 Å². The van der Waals surface area contributed by atoms with Gasteiger partial charge in [0.15, 0.2) is 17.3 Å². The number of nitrogens with zero attached hydrogens (tertiary/aromatic N) is 2. The maximum absolute atomic E-state index is 14.8. The van der Waals surface area contributed by atoms with Crippen LogP contribution in [0.15, 0.2) is 124 Å². The van der Waals surface area contributed by atoms with Crippen LogP contribution in [0.25, 0.3) is 11.1 Å². The van der Waals surface area contributed by atoms with Crippen LogP contribution in [0.3, 0.4) is 0 Å². The third-order valence-electron chi connectivity index (χ3n) is 21.8. The maximum Gasteiger partial charge on any atom is 1.00 e. The summed E-state index contributed by atoms with van der Waals surface area (Å²) in [5.74, 6) is -4.94. The number of likely N-dealkylation sites (N-methyl/N-ethyl adjacent to an activating group) is 1. The van der Waals surface area contributed by atoms with Crippen molar-refractivity contribution in [2.24, 2.45) is 29.0 Å². The van der Waals surface area contributed by atoms with Crippen molar-refractivity contribution in [2.45, 2.75) is 280 Å². The molecule has 7 rings (SSSR count). The topological polar surface area (TPSA) is 341 Å². The van der Waals surface area contributed by atoms with E-state index in [-0.39, 0.29) is 159 Å². The zero-order chi connectivity index (χ0) is 91.6. The van der Waals surface area contributed by atoms with E-state index < -0.39 is 59.3 Å². The number of carbonyl (C=O) groups is 8. The van der Waals surface area contributed by atoms with E-state index in [4.69, 9.17) is 36.5 Å². The SMILES string of the molecule is CCCCCCCCc1ccc(C(=O)C[C@@H](CCN)C(=O)N(C)[C@@H]2C(=O)C[C@@H](C)C(=O)N[C@H](C(=O)CCC#N)Cc3ccc(OCCN)c(c3)-c3cc2ccc3OCCN)c(SC)c1.CCCCCCCCc1ccc(C(=O)O)c(SC)c1.CCCCCCCCc1ccc(C(=O)OC)c(F)c1.CCCCCCCCc1ccc(C(=O)OC)c(SC)c1.C[S-].[Na+].[Na+].[OH-]. The van der Waals surface area contributed by atoms with Crippen molar-refractivity contribution in [2.75, 3.05) is 79.1 Å². The summed E-state index contributed by atoms with van der Waals surface area (Å²) in [7, 11) is 4.22. The van der Waals surface area contributed by atoms with Gasteiger partial charge >= 0.3 is 77.0 Å². The third-order valence-corrected chi connectivity index (χ3v) is 24.1. The van der Waals surface area contributed by atoms with Crippen molar-refractivity contribution in [1.82, 2.24) is 10.2 Å². The molecule has 27 heteroatoms. The average molecular weight is 1850 g/mol. The Kier molecular flexibility index (Phi) is 69.1. The van der Waals surface area contributed by atoms with E-state index in [1.165, 1.54) is 213 Å². The van der Waals surface area contributed by atoms with E-state index in [2.05, 4.69) is 68.6 Å². The van der Waals surface area contributed by atoms with Crippen LogP contribution < -0.4 is 91.1 Å². The van der Waals surface area contributed by atoms with Crippen molar-refractivity contribution < 1.29 is 131 Å². The molecule has 0 saturated heterocycles. The number of methoxy groups -OCH3 is 2. The molecule has 0 aromatic heterocycles. The van der Waals surface area contributed by atoms with E-state index >= 15 is 0 Å². The Balaban J connectivity index is 0.00000203. The zero-order valence-electron chi connectivity index (χ0n) is 78.7. The van der Waals surface area contributed by atoms with Crippen molar-refractivity contribution in [3.63, 3.8) is 0 Å². The summed E-state index contributed by atoms with van der Waals surface area (Å²) < 4.78 is 35.2. The number of unbranched alkanes of at least 4 members (excludes halogenated alkanes) is 20. The summed E-state index contributed by atoms with van der Waals surface area (Å²) in [6.45, 7) is 11.4. The summed E-state index contributed by atoms with van der Waals surface area (Å²) in [5, 5.41) is 21.2. The van der Waals surface area contributed by atoms with Gasteiger partial charge in [-0.2, -0.15) is 11.5 Å². The Morgan fingerprint density at radius 3 is 1.38 bits per heavy atom. The largest absolute Gasteiger partial charge is 1.00 e. The fourth-order valence-electron chi connectivity index (χ4n) is 14.8. The first-order valence-electron chi connectivity index (χ1n) is 44.8. The number of nitrogens with one attached hydrogen (secondary N) is 1. The number of Topliss-reactive ketones (excluding diaryl/α,β-unsaturated/α-hetero) is 3. The van der Waals surface area contributed by atoms with Gasteiger partial charge in [-0.1, -0.05) is 205 Å². The van der Waals surface area contributed by atoms with E-state index in [0.29, 0.717) is 50.4 Å². The second-order valence-electron chi connectivity index (χ2n) is 31.4. The molecule has 20 nitrogen and oxygen atoms in total. The second-order valence-corrected chi connectivity index (χ2v) is 33.9. The number of ether oxygens (including phenoxy) is 4. The average Bonchev–Trinajstić information content (AvgIpc) is 0.777. The van der Waals surface area contributed by atoms with E-state index in [1.54, 1.807) is 67.4 Å². The van der Waals surface area contributed by atoms with Crippen molar-refractivity contribution in [3.8, 4) is 28.7 Å². The number of hydrogen-bond acceptors (Lipinski definition) is 21. The first kappa shape index (κ1) is 121. The number of ketones is 3. The van der Waals surface area contributed by atoms with Crippen LogP contribution in [0.4, 0.5) is 4.39 Å². The first-order valence-corrected chi connectivity index (χ1v) is 49.3. The molecule has 1 aliphatic heterocycles. The van der Waals surface area contributed by atoms with Gasteiger partial charge in [-0.25, -0.2) is 18.8 Å². The predicted octanol–water partition coefficient (Wildman–Crippen LogP) is 15.5. The Hall–Kier alpha value is -6.06. The molecule has 9 N–H and O–H groups in total. The number of fused-ring (bicyclic) bond motifs is 5. The number of thioether (sulfide) groups is 3. The number of benzene rings is 6. The predicted molar refractivity (Wildman–Crippen MR) is 511 cm³/mol. The second kappa shape index (κ2) is 72.5. The number of amides is 2. The summed E-state index contributed by atoms with van der Waals surface area (Å²) in [6.07, 6.45) is 41.4. The molecule has 0 aliphatic carbocycles. The van der Waals surface area contributed by atoms with Crippen LogP contribution in [0.2, 0.25) is 0 Å². The summed E-state index contributed by atoms with van der Waals surface area (Å²) in [5.41, 5.74) is 26.4. The van der Waals surface area contributed by atoms with Gasteiger partial charge < -0.3 is 69.6 Å². The fraction of sp³-hybridized carbons (Fsp3) is 0.550. The van der Waals surface area contributed by atoms with Crippen LogP contribution in [-0.2, 0) is 73.4 Å². The molecule has 1 heterocycles. The summed E-state index contributed by atoms with van der Waals surface area (Å²) >= 11 is 8.69. The van der Waals surface area contributed by atoms with E-state index in [0.717, 1.165) is 65.2 Å². The minimum atomic E-state index is -1.20. The standard InChI is InChI=1S/C50H68N6O7S.C17H26O2S.C16H23FO2.C16H24O2S.CH4S.2Na.H2O/c1-5-6-7-8-9-10-12-34-14-17-38(47(30-34)64-4)43(58)32-37(20-22-52)50(61)56(3)48-36-16-19-46(63-26-24-54)40(31-36)39-28-35(15-18-45(39)62-25-23-53)29-41(42(57)13-11-21-51)55-49(60)33(2)27-44(48)59;1-4-5-6-7-8-9-10-14-11-12-15(17(18)19-2)16(13-14)20-3;1-3-4-5-6-7-8-9-13-10-11-14(15(17)12-13)16(18)19-2;1-3-4-5-6-7-8-9-13-10-11-14(16(17)18)15(12-13)19-2;1-2;;;/h14-19,28,30-31,33,37,41,48H,5-13,20,22-27,29,32,52-54H2,1-4H3,(H,55,60);11-13H,4-10H2,1-3H3;10-12H,3-9H2,1-2H3;10-12H,3-9H2,1-2H3,(H,17,18);2H,1H3;;;1H2/q;;;;;2*+1;/p-2/t33-,37-,41+,48+;;;;;;;/m1......./s1. The molecule has 6 aromatic rings. The van der Waals surface area contributed by atoms with Crippen molar-refractivity contribution in [1.29, 1.82) is 5.26 Å². The number of nitrogens with two attached hydrogens (primary N) is 3. The Labute approximate surface area is 821 Å². The number of nitriles is 1. The summed E-state index contributed by atoms with van der Waals surface area (Å²) in [4.78, 5) is 109. The Morgan fingerprint density at radius 1 is 0.551 bits per heavy atom. The van der Waals surface area contributed by atoms with Gasteiger partial charge in [-0.3, -0.25) is 24.0 Å². The van der Waals surface area contributed by atoms with Crippen LogP contribution in [0, 0.1) is 29.0 Å². The van der Waals surface area contributed by atoms with Crippen LogP contribution in [0.1, 0.15) is 302 Å². The van der Waals surface area contributed by atoms with E-state index in [9.17, 15) is 48.0 Å². The van der Waals surface area contributed by atoms with Crippen molar-refractivity contribution in [3.05, 3.63) is 171 Å². The number of carboxylic acids is 1. The molecule has 0 fully saturated rings. The van der Waals surface area contributed by atoms with Gasteiger partial charge in [0, 0.05) is 89.0 Å². The van der Waals surface area contributed by atoms with Crippen LogP contribution >= 0.6 is 35.3 Å². The quantitative estimate of drug-likeness (QED) is 0.00591. The Bertz CT molecular complexity index is 4250. The van der Waals surface area contributed by atoms with Gasteiger partial charge in [-0.05, 0) is 190 Å². The number of aromatic carboxylic acids is 1. The van der Waals surface area contributed by atoms with Crippen LogP contribution in [-0.4, -0.2) is 148 Å². The molecule has 0 spiro atoms. The molecule has 1 aliphatic rings. The number of carbonyl (C=O) groups excluding carboxylic acids is 7. The van der Waals surface area contributed by atoms with E-state index in [1.807, 2.05) is 61.2 Å². The number of carboxylic acid groups (broad SMARTS) is 1. The molecule has 692 valence electrons. The third kappa shape index (κ3) is 44.8. The summed E-state index contributed by atoms with van der Waals surface area (Å²) in [6, 6.07) is 32.9. The number of hydrogen-bond donors (Lipinski definition) is 5. The number of halogens is 1. The molecule has 6 aromatic carbocycles. The smallest absolute Gasteiger partial charge is 0.870 e. The first-order chi connectivity index (χ1) is 60.0. The molecule has 4 atom stereocenters. The van der Waals surface area contributed by atoms with Gasteiger partial charge in [0.05, 0.1) is 43.0 Å².